The number of carbonyl (C=O) groups is 1. The van der Waals surface area contributed by atoms with Gasteiger partial charge in [-0.05, 0) is 43.0 Å². The van der Waals surface area contributed by atoms with Gasteiger partial charge in [-0.25, -0.2) is 4.79 Å². The van der Waals surface area contributed by atoms with Gasteiger partial charge in [-0.15, -0.1) is 0 Å². The molecule has 1 aromatic heterocycles. The van der Waals surface area contributed by atoms with Crippen molar-refractivity contribution in [1.29, 1.82) is 0 Å². The van der Waals surface area contributed by atoms with Gasteiger partial charge in [0.25, 0.3) is 0 Å². The Kier molecular flexibility index (Phi) is 2.46. The molecule has 84 valence electrons. The van der Waals surface area contributed by atoms with Gasteiger partial charge in [0.1, 0.15) is 0 Å². The molecule has 0 unspecified atom stereocenters. The van der Waals surface area contributed by atoms with Crippen molar-refractivity contribution in [2.75, 3.05) is 0 Å². The highest BCUT2D eigenvalue weighted by Gasteiger charge is 2.15. The lowest BCUT2D eigenvalue weighted by Crippen LogP contribution is -2.01. The van der Waals surface area contributed by atoms with Crippen molar-refractivity contribution in [1.82, 2.24) is 4.98 Å². The number of aryl methyl sites for hydroxylation is 3. The van der Waals surface area contributed by atoms with E-state index in [0.29, 0.717) is 5.56 Å². The zero-order valence-corrected chi connectivity index (χ0v) is 9.72. The number of carboxylic acids is 1. The third-order valence-corrected chi connectivity index (χ3v) is 3.11. The monoisotopic (exact) mass is 217 g/mol. The third-order valence-electron chi connectivity index (χ3n) is 3.11. The molecular formula is C13H15NO2. The molecular weight excluding hydrogens is 202 g/mol. The number of fused-ring (bicyclic) bond motifs is 1. The highest BCUT2D eigenvalue weighted by molar-refractivity contribution is 5.99. The lowest BCUT2D eigenvalue weighted by molar-refractivity contribution is 0.0696. The minimum Gasteiger partial charge on any atom is -0.478 e. The molecule has 2 N–H and O–H groups in total. The maximum atomic E-state index is 11.1. The van der Waals surface area contributed by atoms with Gasteiger partial charge in [0.15, 0.2) is 0 Å². The fourth-order valence-corrected chi connectivity index (χ4v) is 2.24. The highest BCUT2D eigenvalue weighted by atomic mass is 16.4. The van der Waals surface area contributed by atoms with Gasteiger partial charge in [0, 0.05) is 17.1 Å². The fourth-order valence-electron chi connectivity index (χ4n) is 2.24. The van der Waals surface area contributed by atoms with Crippen molar-refractivity contribution in [3.8, 4) is 0 Å². The molecule has 2 aromatic rings. The molecule has 0 bridgehead atoms. The minimum atomic E-state index is -0.856. The van der Waals surface area contributed by atoms with Crippen LogP contribution in [0.5, 0.6) is 0 Å². The number of hydrogen-bond acceptors (Lipinski definition) is 1. The van der Waals surface area contributed by atoms with Crippen molar-refractivity contribution < 1.29 is 9.90 Å². The summed E-state index contributed by atoms with van der Waals surface area (Å²) in [4.78, 5) is 14.4. The van der Waals surface area contributed by atoms with Gasteiger partial charge in [-0.1, -0.05) is 6.92 Å². The molecule has 16 heavy (non-hydrogen) atoms. The number of benzene rings is 1. The number of rotatable bonds is 2. The molecule has 0 amide bonds. The van der Waals surface area contributed by atoms with Crippen LogP contribution < -0.4 is 0 Å². The molecule has 0 radical (unpaired) electrons. The van der Waals surface area contributed by atoms with Crippen LogP contribution in [0, 0.1) is 13.8 Å². The molecule has 1 heterocycles. The summed E-state index contributed by atoms with van der Waals surface area (Å²) in [5, 5.41) is 10.2. The highest BCUT2D eigenvalue weighted by Crippen LogP contribution is 2.28. The van der Waals surface area contributed by atoms with Crippen LogP contribution in [0.1, 0.15) is 34.0 Å². The lowest BCUT2D eigenvalue weighted by atomic mass is 9.97. The molecule has 1 aromatic carbocycles. The van der Waals surface area contributed by atoms with Crippen LogP contribution in [0.3, 0.4) is 0 Å². The molecule has 0 aliphatic heterocycles. The number of aromatic carboxylic acids is 1. The Bertz CT molecular complexity index is 567. The summed E-state index contributed by atoms with van der Waals surface area (Å²) in [6.45, 7) is 5.88. The van der Waals surface area contributed by atoms with E-state index in [1.165, 1.54) is 5.56 Å². The third kappa shape index (κ3) is 1.40. The SMILES string of the molecule is CCc1c[nH]c2c(C)cc(C(=O)O)c(C)c12. The largest absolute Gasteiger partial charge is 0.478 e. The average molecular weight is 217 g/mol. The van der Waals surface area contributed by atoms with Crippen LogP contribution in [-0.4, -0.2) is 16.1 Å². The number of nitrogens with one attached hydrogen (secondary N) is 1. The zero-order valence-electron chi connectivity index (χ0n) is 9.72. The number of carboxylic acid groups (broad SMARTS) is 1. The first-order valence-corrected chi connectivity index (χ1v) is 5.39. The predicted octanol–water partition coefficient (Wildman–Crippen LogP) is 3.05. The number of aromatic nitrogens is 1. The first-order valence-electron chi connectivity index (χ1n) is 5.39. The maximum Gasteiger partial charge on any atom is 0.335 e. The second-order valence-corrected chi connectivity index (χ2v) is 4.09. The van der Waals surface area contributed by atoms with Crippen LogP contribution >= 0.6 is 0 Å². The van der Waals surface area contributed by atoms with E-state index < -0.39 is 5.97 Å². The molecule has 0 atom stereocenters. The number of H-pyrrole nitrogens is 1. The van der Waals surface area contributed by atoms with Crippen LogP contribution in [0.25, 0.3) is 10.9 Å². The Morgan fingerprint density at radius 2 is 2.12 bits per heavy atom. The molecule has 0 saturated heterocycles. The van der Waals surface area contributed by atoms with E-state index in [9.17, 15) is 4.79 Å². The second-order valence-electron chi connectivity index (χ2n) is 4.09. The quantitative estimate of drug-likeness (QED) is 0.812. The van der Waals surface area contributed by atoms with E-state index in [4.69, 9.17) is 5.11 Å². The van der Waals surface area contributed by atoms with E-state index in [1.54, 1.807) is 6.07 Å². The predicted molar refractivity (Wildman–Crippen MR) is 64.1 cm³/mol. The number of aromatic amines is 1. The van der Waals surface area contributed by atoms with E-state index in [-0.39, 0.29) is 0 Å². The molecule has 3 nitrogen and oxygen atoms in total. The summed E-state index contributed by atoms with van der Waals surface area (Å²) in [5.41, 5.74) is 4.47. The minimum absolute atomic E-state index is 0.402. The van der Waals surface area contributed by atoms with Crippen molar-refractivity contribution in [2.24, 2.45) is 0 Å². The van der Waals surface area contributed by atoms with Gasteiger partial charge >= 0.3 is 5.97 Å². The Morgan fingerprint density at radius 3 is 2.69 bits per heavy atom. The van der Waals surface area contributed by atoms with Gasteiger partial charge in [-0.2, -0.15) is 0 Å². The molecule has 0 fully saturated rings. The summed E-state index contributed by atoms with van der Waals surface area (Å²) in [5.74, 6) is -0.856. The van der Waals surface area contributed by atoms with E-state index >= 15 is 0 Å². The van der Waals surface area contributed by atoms with Gasteiger partial charge in [0.2, 0.25) is 0 Å². The van der Waals surface area contributed by atoms with Gasteiger partial charge < -0.3 is 10.1 Å². The molecule has 0 aliphatic carbocycles. The van der Waals surface area contributed by atoms with Crippen molar-refractivity contribution in [3.63, 3.8) is 0 Å². The smallest absolute Gasteiger partial charge is 0.335 e. The Morgan fingerprint density at radius 1 is 1.44 bits per heavy atom. The molecule has 0 saturated carbocycles. The van der Waals surface area contributed by atoms with Crippen LogP contribution in [0.15, 0.2) is 12.3 Å². The molecule has 3 heteroatoms. The Labute approximate surface area is 94.1 Å². The van der Waals surface area contributed by atoms with Crippen LogP contribution in [0.4, 0.5) is 0 Å². The van der Waals surface area contributed by atoms with Crippen LogP contribution in [0.2, 0.25) is 0 Å². The fraction of sp³-hybridized carbons (Fsp3) is 0.308. The Hall–Kier alpha value is -1.77. The molecule has 2 rings (SSSR count). The topological polar surface area (TPSA) is 53.1 Å². The number of hydrogen-bond donors (Lipinski definition) is 2. The van der Waals surface area contributed by atoms with Crippen molar-refractivity contribution in [2.45, 2.75) is 27.2 Å². The van der Waals surface area contributed by atoms with E-state index in [0.717, 1.165) is 28.5 Å². The first kappa shape index (κ1) is 10.7. The van der Waals surface area contributed by atoms with Crippen molar-refractivity contribution in [3.05, 3.63) is 34.5 Å². The maximum absolute atomic E-state index is 11.1. The first-order chi connectivity index (χ1) is 7.56. The van der Waals surface area contributed by atoms with Crippen molar-refractivity contribution >= 4 is 16.9 Å². The van der Waals surface area contributed by atoms with Gasteiger partial charge in [-0.3, -0.25) is 0 Å². The van der Waals surface area contributed by atoms with Gasteiger partial charge in [0.05, 0.1) is 5.56 Å². The summed E-state index contributed by atoms with van der Waals surface area (Å²) in [6.07, 6.45) is 2.87. The second kappa shape index (κ2) is 3.67. The normalized spacial score (nSPS) is 10.9. The summed E-state index contributed by atoms with van der Waals surface area (Å²) in [7, 11) is 0. The summed E-state index contributed by atoms with van der Waals surface area (Å²) >= 11 is 0. The Balaban J connectivity index is 2.89. The zero-order chi connectivity index (χ0) is 11.9. The lowest BCUT2D eigenvalue weighted by Gasteiger charge is -2.07. The van der Waals surface area contributed by atoms with E-state index in [2.05, 4.69) is 11.9 Å². The summed E-state index contributed by atoms with van der Waals surface area (Å²) < 4.78 is 0. The van der Waals surface area contributed by atoms with E-state index in [1.807, 2.05) is 20.0 Å². The molecule has 0 spiro atoms. The summed E-state index contributed by atoms with van der Waals surface area (Å²) in [6, 6.07) is 1.73. The molecule has 0 aliphatic rings. The standard InChI is InChI=1S/C13H15NO2/c1-4-9-6-14-12-7(2)5-10(13(15)16)8(3)11(9)12/h5-6,14H,4H2,1-3H3,(H,15,16). The van der Waals surface area contributed by atoms with Crippen LogP contribution in [-0.2, 0) is 6.42 Å². The average Bonchev–Trinajstić information content (AvgIpc) is 2.67.